The van der Waals surface area contributed by atoms with E-state index in [9.17, 15) is 0 Å². The molecule has 0 N–H and O–H groups in total. The Morgan fingerprint density at radius 2 is 0.714 bits per heavy atom. The summed E-state index contributed by atoms with van der Waals surface area (Å²) in [5.41, 5.74) is 14.3. The first-order valence-corrected chi connectivity index (χ1v) is 19.0. The highest BCUT2D eigenvalue weighted by molar-refractivity contribution is 6.12. The Labute approximate surface area is 324 Å². The molecular formula is C52H34N4. The molecule has 56 heavy (non-hydrogen) atoms. The fourth-order valence-electron chi connectivity index (χ4n) is 8.29. The summed E-state index contributed by atoms with van der Waals surface area (Å²) in [5.74, 6) is 0.713. The number of rotatable bonds is 6. The van der Waals surface area contributed by atoms with Crippen LogP contribution in [0.1, 0.15) is 0 Å². The molecule has 3 aromatic heterocycles. The Morgan fingerprint density at radius 3 is 1.39 bits per heavy atom. The zero-order valence-electron chi connectivity index (χ0n) is 30.4. The minimum Gasteiger partial charge on any atom is -0.309 e. The fraction of sp³-hybridized carbons (Fsp3) is 0. The van der Waals surface area contributed by atoms with Crippen LogP contribution in [0.25, 0.3) is 100 Å². The number of hydrogen-bond donors (Lipinski definition) is 0. The summed E-state index contributed by atoms with van der Waals surface area (Å²) in [7, 11) is 0. The third-order valence-corrected chi connectivity index (χ3v) is 10.9. The van der Waals surface area contributed by atoms with E-state index >= 15 is 0 Å². The van der Waals surface area contributed by atoms with Gasteiger partial charge in [-0.15, -0.1) is 0 Å². The topological polar surface area (TPSA) is 35.6 Å². The first-order chi connectivity index (χ1) is 27.8. The van der Waals surface area contributed by atoms with E-state index < -0.39 is 0 Å². The quantitative estimate of drug-likeness (QED) is 0.172. The molecule has 0 saturated heterocycles. The SMILES string of the molecule is c1ccc(-c2cc(-c3ccc(-n4c5ccccc5c5cc(-c6ccc7c8ccccc8n(-c8ccccc8)c7c6)ccc54)cc3)nc(-c3ccccc3)n2)cc1. The molecular weight excluding hydrogens is 681 g/mol. The highest BCUT2D eigenvalue weighted by Crippen LogP contribution is 2.38. The van der Waals surface area contributed by atoms with Crippen LogP contribution in [0.2, 0.25) is 0 Å². The lowest BCUT2D eigenvalue weighted by Crippen LogP contribution is -1.97. The summed E-state index contributed by atoms with van der Waals surface area (Å²) in [6.45, 7) is 0. The highest BCUT2D eigenvalue weighted by Gasteiger charge is 2.17. The van der Waals surface area contributed by atoms with Gasteiger partial charge in [0.15, 0.2) is 5.82 Å². The maximum Gasteiger partial charge on any atom is 0.160 e. The molecule has 0 saturated carbocycles. The van der Waals surface area contributed by atoms with Gasteiger partial charge >= 0.3 is 0 Å². The van der Waals surface area contributed by atoms with Crippen molar-refractivity contribution < 1.29 is 0 Å². The van der Waals surface area contributed by atoms with Gasteiger partial charge in [0.1, 0.15) is 0 Å². The predicted molar refractivity (Wildman–Crippen MR) is 232 cm³/mol. The van der Waals surface area contributed by atoms with Gasteiger partial charge in [-0.2, -0.15) is 0 Å². The maximum absolute atomic E-state index is 5.06. The normalized spacial score (nSPS) is 11.6. The van der Waals surface area contributed by atoms with Crippen LogP contribution in [0.5, 0.6) is 0 Å². The first-order valence-electron chi connectivity index (χ1n) is 19.0. The molecule has 0 radical (unpaired) electrons. The Bertz CT molecular complexity index is 3160. The molecule has 0 bridgehead atoms. The number of hydrogen-bond acceptors (Lipinski definition) is 2. The van der Waals surface area contributed by atoms with Crippen LogP contribution in [0.3, 0.4) is 0 Å². The summed E-state index contributed by atoms with van der Waals surface area (Å²) in [6.07, 6.45) is 0. The van der Waals surface area contributed by atoms with Crippen LogP contribution in [0.4, 0.5) is 0 Å². The van der Waals surface area contributed by atoms with Crippen LogP contribution < -0.4 is 0 Å². The van der Waals surface area contributed by atoms with E-state index in [-0.39, 0.29) is 0 Å². The van der Waals surface area contributed by atoms with E-state index in [1.165, 1.54) is 54.7 Å². The van der Waals surface area contributed by atoms with Crippen LogP contribution >= 0.6 is 0 Å². The summed E-state index contributed by atoms with van der Waals surface area (Å²) in [6, 6.07) is 73.2. The minimum atomic E-state index is 0.713. The van der Waals surface area contributed by atoms with E-state index in [1.54, 1.807) is 0 Å². The van der Waals surface area contributed by atoms with Gasteiger partial charge in [-0.1, -0.05) is 146 Å². The van der Waals surface area contributed by atoms with E-state index in [1.807, 2.05) is 36.4 Å². The Hall–Kier alpha value is -7.56. The second kappa shape index (κ2) is 13.1. The van der Waals surface area contributed by atoms with Crippen LogP contribution in [-0.2, 0) is 0 Å². The van der Waals surface area contributed by atoms with E-state index in [0.717, 1.165) is 39.5 Å². The lowest BCUT2D eigenvalue weighted by molar-refractivity contribution is 1.17. The second-order valence-electron chi connectivity index (χ2n) is 14.2. The van der Waals surface area contributed by atoms with E-state index in [2.05, 4.69) is 179 Å². The van der Waals surface area contributed by atoms with Crippen LogP contribution in [0, 0.1) is 0 Å². The fourth-order valence-corrected chi connectivity index (χ4v) is 8.29. The molecule has 0 unspecified atom stereocenters. The smallest absolute Gasteiger partial charge is 0.160 e. The van der Waals surface area contributed by atoms with Crippen LogP contribution in [0.15, 0.2) is 206 Å². The van der Waals surface area contributed by atoms with Gasteiger partial charge in [-0.25, -0.2) is 9.97 Å². The van der Waals surface area contributed by atoms with Gasteiger partial charge < -0.3 is 9.13 Å². The monoisotopic (exact) mass is 714 g/mol. The van der Waals surface area contributed by atoms with Crippen LogP contribution in [-0.4, -0.2) is 19.1 Å². The number of aromatic nitrogens is 4. The first kappa shape index (κ1) is 31.9. The largest absolute Gasteiger partial charge is 0.309 e. The minimum absolute atomic E-state index is 0.713. The number of para-hydroxylation sites is 3. The molecule has 0 aliphatic carbocycles. The number of benzene rings is 8. The Kier molecular flexibility index (Phi) is 7.46. The average Bonchev–Trinajstić information content (AvgIpc) is 3.79. The van der Waals surface area contributed by atoms with Gasteiger partial charge in [0, 0.05) is 49.6 Å². The standard InChI is InChI=1S/C52H34N4/c1-4-14-35(15-5-1)46-34-47(54-52(53-46)37-16-6-2-7-17-37)36-24-28-41(29-25-36)55-49-23-13-11-21-43(49)45-32-38(27-31-50(45)55)39-26-30-44-42-20-10-12-22-48(42)56(51(44)33-39)40-18-8-3-9-19-40/h1-34H. The van der Waals surface area contributed by atoms with Gasteiger partial charge in [0.05, 0.1) is 33.5 Å². The van der Waals surface area contributed by atoms with Crippen molar-refractivity contribution in [2.24, 2.45) is 0 Å². The zero-order chi connectivity index (χ0) is 37.0. The molecule has 0 aliphatic heterocycles. The predicted octanol–water partition coefficient (Wildman–Crippen LogP) is 13.3. The van der Waals surface area contributed by atoms with Crippen molar-refractivity contribution in [1.29, 1.82) is 0 Å². The number of nitrogens with zero attached hydrogens (tertiary/aromatic N) is 4. The molecule has 262 valence electrons. The molecule has 0 atom stereocenters. The van der Waals surface area contributed by atoms with Crippen molar-refractivity contribution in [2.45, 2.75) is 0 Å². The van der Waals surface area contributed by atoms with Gasteiger partial charge in [-0.05, 0) is 71.8 Å². The maximum atomic E-state index is 5.06. The molecule has 0 amide bonds. The molecule has 0 fully saturated rings. The number of fused-ring (bicyclic) bond motifs is 6. The third-order valence-electron chi connectivity index (χ3n) is 10.9. The highest BCUT2D eigenvalue weighted by atomic mass is 15.0. The summed E-state index contributed by atoms with van der Waals surface area (Å²) >= 11 is 0. The molecule has 11 rings (SSSR count). The molecule has 3 heterocycles. The zero-order valence-corrected chi connectivity index (χ0v) is 30.4. The van der Waals surface area contributed by atoms with E-state index in [4.69, 9.17) is 9.97 Å². The molecule has 8 aromatic carbocycles. The van der Waals surface area contributed by atoms with Crippen molar-refractivity contribution in [3.63, 3.8) is 0 Å². The summed E-state index contributed by atoms with van der Waals surface area (Å²) in [4.78, 5) is 10.0. The summed E-state index contributed by atoms with van der Waals surface area (Å²) < 4.78 is 4.76. The van der Waals surface area contributed by atoms with Gasteiger partial charge in [0.25, 0.3) is 0 Å². The second-order valence-corrected chi connectivity index (χ2v) is 14.2. The lowest BCUT2D eigenvalue weighted by Gasteiger charge is -2.12. The molecule has 0 spiro atoms. The Morgan fingerprint density at radius 1 is 0.268 bits per heavy atom. The molecule has 0 aliphatic rings. The average molecular weight is 715 g/mol. The Balaban J connectivity index is 1.02. The van der Waals surface area contributed by atoms with Crippen molar-refractivity contribution in [3.05, 3.63) is 206 Å². The summed E-state index contributed by atoms with van der Waals surface area (Å²) in [5, 5.41) is 4.96. The lowest BCUT2D eigenvalue weighted by atomic mass is 10.0. The van der Waals surface area contributed by atoms with Gasteiger partial charge in [0.2, 0.25) is 0 Å². The van der Waals surface area contributed by atoms with Crippen molar-refractivity contribution in [3.8, 4) is 56.4 Å². The third kappa shape index (κ3) is 5.31. The molecule has 4 nitrogen and oxygen atoms in total. The molecule has 4 heteroatoms. The van der Waals surface area contributed by atoms with Crippen molar-refractivity contribution in [1.82, 2.24) is 19.1 Å². The van der Waals surface area contributed by atoms with E-state index in [0.29, 0.717) is 5.82 Å². The molecule has 11 aromatic rings. The van der Waals surface area contributed by atoms with Crippen molar-refractivity contribution >= 4 is 43.6 Å². The van der Waals surface area contributed by atoms with Gasteiger partial charge in [-0.3, -0.25) is 0 Å². The van der Waals surface area contributed by atoms with Crippen molar-refractivity contribution in [2.75, 3.05) is 0 Å².